The second kappa shape index (κ2) is 5.14. The molecule has 0 spiro atoms. The Bertz CT molecular complexity index is 985. The van der Waals surface area contributed by atoms with Crippen LogP contribution in [-0.4, -0.2) is 24.6 Å². The lowest BCUT2D eigenvalue weighted by Crippen LogP contribution is -1.98. The van der Waals surface area contributed by atoms with Crippen molar-refractivity contribution in [3.05, 3.63) is 54.2 Å². The molecule has 2 aromatic heterocycles. The zero-order chi connectivity index (χ0) is 15.9. The summed E-state index contributed by atoms with van der Waals surface area (Å²) >= 11 is 0. The summed E-state index contributed by atoms with van der Waals surface area (Å²) in [5.74, 6) is -0.599. The first-order valence-corrected chi connectivity index (χ1v) is 8.47. The van der Waals surface area contributed by atoms with Crippen molar-refractivity contribution in [2.24, 2.45) is 0 Å². The van der Waals surface area contributed by atoms with Crippen LogP contribution in [0.25, 0.3) is 22.0 Å². The molecule has 112 valence electrons. The van der Waals surface area contributed by atoms with Gasteiger partial charge in [0.25, 0.3) is 0 Å². The molecule has 0 bridgehead atoms. The summed E-state index contributed by atoms with van der Waals surface area (Å²) in [4.78, 5) is 8.18. The van der Waals surface area contributed by atoms with Gasteiger partial charge in [-0.15, -0.1) is 0 Å². The van der Waals surface area contributed by atoms with E-state index in [1.807, 2.05) is 6.92 Å². The van der Waals surface area contributed by atoms with E-state index >= 15 is 0 Å². The average Bonchev–Trinajstić information content (AvgIpc) is 2.48. The van der Waals surface area contributed by atoms with Gasteiger partial charge in [0.1, 0.15) is 0 Å². The predicted molar refractivity (Wildman–Crippen MR) is 82.8 cm³/mol. The van der Waals surface area contributed by atoms with Crippen LogP contribution in [0.5, 0.6) is 0 Å². The summed E-state index contributed by atoms with van der Waals surface area (Å²) in [5, 5.41) is 1.37. The van der Waals surface area contributed by atoms with Crippen molar-refractivity contribution >= 4 is 20.6 Å². The largest absolute Gasteiger partial charge is 0.255 e. The van der Waals surface area contributed by atoms with Crippen molar-refractivity contribution in [2.75, 3.05) is 6.26 Å². The van der Waals surface area contributed by atoms with Crippen molar-refractivity contribution in [3.8, 4) is 11.3 Å². The smallest absolute Gasteiger partial charge is 0.222 e. The maximum Gasteiger partial charge on any atom is 0.222 e. The van der Waals surface area contributed by atoms with Gasteiger partial charge in [-0.2, -0.15) is 4.39 Å². The van der Waals surface area contributed by atoms with Crippen LogP contribution in [-0.2, 0) is 9.84 Å². The molecule has 0 N–H and O–H groups in total. The van der Waals surface area contributed by atoms with Crippen LogP contribution in [0.15, 0.2) is 47.6 Å². The maximum absolute atomic E-state index is 14.0. The average molecular weight is 316 g/mol. The second-order valence-corrected chi connectivity index (χ2v) is 7.18. The Labute approximate surface area is 127 Å². The van der Waals surface area contributed by atoms with Crippen LogP contribution in [0, 0.1) is 12.9 Å². The number of hydrogen-bond donors (Lipinski definition) is 0. The molecule has 6 heteroatoms. The van der Waals surface area contributed by atoms with E-state index in [0.29, 0.717) is 22.0 Å². The molecule has 0 radical (unpaired) electrons. The van der Waals surface area contributed by atoms with Gasteiger partial charge < -0.3 is 0 Å². The van der Waals surface area contributed by atoms with Gasteiger partial charge in [0, 0.05) is 24.0 Å². The van der Waals surface area contributed by atoms with Crippen LogP contribution in [0.2, 0.25) is 0 Å². The summed E-state index contributed by atoms with van der Waals surface area (Å²) in [6.07, 6.45) is 4.14. The van der Waals surface area contributed by atoms with Gasteiger partial charge in [-0.05, 0) is 42.1 Å². The van der Waals surface area contributed by atoms with E-state index in [1.54, 1.807) is 24.3 Å². The van der Waals surface area contributed by atoms with Crippen molar-refractivity contribution in [1.29, 1.82) is 0 Å². The van der Waals surface area contributed by atoms with Gasteiger partial charge in [-0.3, -0.25) is 4.98 Å². The molecule has 2 heterocycles. The molecule has 1 aromatic carbocycles. The molecule has 0 aliphatic carbocycles. The van der Waals surface area contributed by atoms with Crippen LogP contribution < -0.4 is 0 Å². The second-order valence-electron chi connectivity index (χ2n) is 5.17. The highest BCUT2D eigenvalue weighted by Crippen LogP contribution is 2.29. The Morgan fingerprint density at radius 2 is 1.86 bits per heavy atom. The standard InChI is InChI=1S/C16H13FN2O2S/c1-10-7-14(16(17)19-9-10)15-13-4-3-12(22(2,20)21)8-11(13)5-6-18-15/h3-9H,1-2H3. The minimum Gasteiger partial charge on any atom is -0.255 e. The first-order chi connectivity index (χ1) is 10.4. The highest BCUT2D eigenvalue weighted by molar-refractivity contribution is 7.90. The number of halogens is 1. The first-order valence-electron chi connectivity index (χ1n) is 6.57. The van der Waals surface area contributed by atoms with Crippen molar-refractivity contribution in [3.63, 3.8) is 0 Å². The van der Waals surface area contributed by atoms with Crippen LogP contribution in [0.3, 0.4) is 0 Å². The summed E-state index contributed by atoms with van der Waals surface area (Å²) < 4.78 is 37.3. The summed E-state index contributed by atoms with van der Waals surface area (Å²) in [5.41, 5.74) is 1.58. The normalized spacial score (nSPS) is 11.8. The Kier molecular flexibility index (Phi) is 3.41. The fourth-order valence-corrected chi connectivity index (χ4v) is 2.98. The van der Waals surface area contributed by atoms with Crippen LogP contribution >= 0.6 is 0 Å². The SMILES string of the molecule is Cc1cnc(F)c(-c2nccc3cc(S(C)(=O)=O)ccc23)c1. The van der Waals surface area contributed by atoms with Gasteiger partial charge in [-0.25, -0.2) is 13.4 Å². The summed E-state index contributed by atoms with van der Waals surface area (Å²) in [6, 6.07) is 8.10. The minimum absolute atomic E-state index is 0.222. The molecular weight excluding hydrogens is 303 g/mol. The lowest BCUT2D eigenvalue weighted by molar-refractivity contribution is 0.586. The maximum atomic E-state index is 14.0. The van der Waals surface area contributed by atoms with E-state index in [2.05, 4.69) is 9.97 Å². The van der Waals surface area contributed by atoms with Gasteiger partial charge in [-0.1, -0.05) is 6.07 Å². The number of fused-ring (bicyclic) bond motifs is 1. The first kappa shape index (κ1) is 14.6. The minimum atomic E-state index is -3.29. The number of pyridine rings is 2. The van der Waals surface area contributed by atoms with Crippen LogP contribution in [0.4, 0.5) is 4.39 Å². The van der Waals surface area contributed by atoms with Gasteiger partial charge in [0.05, 0.1) is 16.2 Å². The Morgan fingerprint density at radius 3 is 2.59 bits per heavy atom. The van der Waals surface area contributed by atoms with E-state index < -0.39 is 15.8 Å². The highest BCUT2D eigenvalue weighted by Gasteiger charge is 2.14. The quantitative estimate of drug-likeness (QED) is 0.681. The number of nitrogens with zero attached hydrogens (tertiary/aromatic N) is 2. The van der Waals surface area contributed by atoms with Crippen molar-refractivity contribution in [1.82, 2.24) is 9.97 Å². The number of benzene rings is 1. The van der Waals surface area contributed by atoms with E-state index in [-0.39, 0.29) is 4.90 Å². The van der Waals surface area contributed by atoms with E-state index in [9.17, 15) is 12.8 Å². The Hall–Kier alpha value is -2.34. The number of aromatic nitrogens is 2. The number of aryl methyl sites for hydroxylation is 1. The molecule has 4 nitrogen and oxygen atoms in total. The molecule has 22 heavy (non-hydrogen) atoms. The lowest BCUT2D eigenvalue weighted by Gasteiger charge is -2.08. The Morgan fingerprint density at radius 1 is 1.09 bits per heavy atom. The highest BCUT2D eigenvalue weighted by atomic mass is 32.2. The molecule has 3 aromatic rings. The van der Waals surface area contributed by atoms with Gasteiger partial charge >= 0.3 is 0 Å². The van der Waals surface area contributed by atoms with Crippen LogP contribution in [0.1, 0.15) is 5.56 Å². The topological polar surface area (TPSA) is 59.9 Å². The molecule has 0 saturated heterocycles. The monoisotopic (exact) mass is 316 g/mol. The molecule has 0 unspecified atom stereocenters. The molecule has 0 aliphatic rings. The Balaban J connectivity index is 2.30. The third-order valence-electron chi connectivity index (χ3n) is 3.39. The van der Waals surface area contributed by atoms with E-state index in [0.717, 1.165) is 11.8 Å². The molecule has 0 fully saturated rings. The fourth-order valence-electron chi connectivity index (χ4n) is 2.32. The summed E-state index contributed by atoms with van der Waals surface area (Å²) in [7, 11) is -3.29. The third-order valence-corrected chi connectivity index (χ3v) is 4.51. The van der Waals surface area contributed by atoms with Crippen molar-refractivity contribution < 1.29 is 12.8 Å². The molecule has 0 saturated carbocycles. The third kappa shape index (κ3) is 2.57. The molecular formula is C16H13FN2O2S. The number of rotatable bonds is 2. The zero-order valence-electron chi connectivity index (χ0n) is 12.0. The lowest BCUT2D eigenvalue weighted by atomic mass is 10.0. The van der Waals surface area contributed by atoms with Gasteiger partial charge in [0.2, 0.25) is 5.95 Å². The molecule has 0 aliphatic heterocycles. The van der Waals surface area contributed by atoms with E-state index in [1.165, 1.54) is 18.5 Å². The molecule has 3 rings (SSSR count). The molecule has 0 amide bonds. The summed E-state index contributed by atoms with van der Waals surface area (Å²) in [6.45, 7) is 1.82. The predicted octanol–water partition coefficient (Wildman–Crippen LogP) is 3.15. The van der Waals surface area contributed by atoms with E-state index in [4.69, 9.17) is 0 Å². The number of hydrogen-bond acceptors (Lipinski definition) is 4. The fraction of sp³-hybridized carbons (Fsp3) is 0.125. The van der Waals surface area contributed by atoms with Crippen molar-refractivity contribution in [2.45, 2.75) is 11.8 Å². The zero-order valence-corrected chi connectivity index (χ0v) is 12.9. The molecule has 0 atom stereocenters. The van der Waals surface area contributed by atoms with Gasteiger partial charge in [0.15, 0.2) is 9.84 Å². The number of sulfone groups is 1.